The highest BCUT2D eigenvalue weighted by Crippen LogP contribution is 2.32. The van der Waals surface area contributed by atoms with Crippen molar-refractivity contribution in [3.05, 3.63) is 130 Å². The molecule has 6 nitrogen and oxygen atoms in total. The van der Waals surface area contributed by atoms with Crippen molar-refractivity contribution in [1.29, 1.82) is 0 Å². The molecule has 8 heteroatoms. The molecule has 0 unspecified atom stereocenters. The van der Waals surface area contributed by atoms with Crippen molar-refractivity contribution in [2.75, 3.05) is 19.6 Å². The highest BCUT2D eigenvalue weighted by Gasteiger charge is 2.38. The average Bonchev–Trinajstić information content (AvgIpc) is 3.11. The number of ketones is 1. The van der Waals surface area contributed by atoms with Crippen LogP contribution in [0.1, 0.15) is 83.4 Å². The van der Waals surface area contributed by atoms with E-state index in [1.54, 1.807) is 28.0 Å². The van der Waals surface area contributed by atoms with Gasteiger partial charge in [-0.1, -0.05) is 62.4 Å². The lowest BCUT2D eigenvalue weighted by Crippen LogP contribution is -2.47. The van der Waals surface area contributed by atoms with Crippen LogP contribution in [0.4, 0.5) is 8.78 Å². The van der Waals surface area contributed by atoms with Gasteiger partial charge in [-0.25, -0.2) is 8.78 Å². The molecule has 4 aromatic rings. The van der Waals surface area contributed by atoms with E-state index < -0.39 is 29.6 Å². The number of amides is 2. The topological polar surface area (TPSA) is 77.9 Å². The summed E-state index contributed by atoms with van der Waals surface area (Å²) in [6.45, 7) is 7.95. The Balaban J connectivity index is 1.39. The Hall–Kier alpha value is -4.69. The molecule has 0 radical (unpaired) electrons. The number of piperidine rings is 1. The van der Waals surface area contributed by atoms with Gasteiger partial charge in [0.1, 0.15) is 11.6 Å². The number of benzene rings is 4. The summed E-state index contributed by atoms with van der Waals surface area (Å²) in [6.07, 6.45) is 1.27. The van der Waals surface area contributed by atoms with Gasteiger partial charge in [0.2, 0.25) is 5.91 Å². The fourth-order valence-electron chi connectivity index (χ4n) is 7.28. The van der Waals surface area contributed by atoms with Crippen LogP contribution in [0.5, 0.6) is 0 Å². The van der Waals surface area contributed by atoms with E-state index in [0.717, 1.165) is 41.2 Å². The molecule has 3 atom stereocenters. The lowest BCUT2D eigenvalue weighted by Gasteiger charge is -2.37. The van der Waals surface area contributed by atoms with Crippen LogP contribution in [0.15, 0.2) is 91.0 Å². The minimum Gasteiger partial charge on any atom is -0.392 e. The molecule has 0 aliphatic carbocycles. The summed E-state index contributed by atoms with van der Waals surface area (Å²) in [4.78, 5) is 44.9. The lowest BCUT2D eigenvalue weighted by molar-refractivity contribution is -0.145. The van der Waals surface area contributed by atoms with Crippen molar-refractivity contribution in [1.82, 2.24) is 9.80 Å². The van der Waals surface area contributed by atoms with Crippen molar-refractivity contribution in [3.63, 3.8) is 0 Å². The van der Waals surface area contributed by atoms with Crippen molar-refractivity contribution in [3.8, 4) is 11.1 Å². The van der Waals surface area contributed by atoms with Crippen molar-refractivity contribution < 1.29 is 28.3 Å². The summed E-state index contributed by atoms with van der Waals surface area (Å²) in [5, 5.41) is 11.9. The molecule has 2 amide bonds. The molecule has 1 aliphatic rings. The van der Waals surface area contributed by atoms with E-state index in [-0.39, 0.29) is 36.0 Å². The quantitative estimate of drug-likeness (QED) is 0.127. The molecule has 268 valence electrons. The predicted molar refractivity (Wildman–Crippen MR) is 196 cm³/mol. The minimum atomic E-state index is -1.25. The zero-order chi connectivity index (χ0) is 36.5. The van der Waals surface area contributed by atoms with E-state index in [2.05, 4.69) is 6.07 Å². The molecule has 1 heterocycles. The number of halogens is 2. The van der Waals surface area contributed by atoms with Crippen LogP contribution in [0.25, 0.3) is 11.1 Å². The molecule has 5 rings (SSSR count). The van der Waals surface area contributed by atoms with Gasteiger partial charge >= 0.3 is 0 Å². The summed E-state index contributed by atoms with van der Waals surface area (Å²) in [6, 6.07) is 26.3. The fraction of sp³-hybridized carbons (Fsp3) is 0.372. The summed E-state index contributed by atoms with van der Waals surface area (Å²) in [5.74, 6) is -3.80. The highest BCUT2D eigenvalue weighted by molar-refractivity contribution is 6.01. The second kappa shape index (κ2) is 17.5. The Labute approximate surface area is 300 Å². The molecular weight excluding hydrogens is 646 g/mol. The van der Waals surface area contributed by atoms with Gasteiger partial charge in [0.25, 0.3) is 5.91 Å². The number of Topliss-reactive ketones (excluding diaryl/α,β-unsaturated/α-hetero) is 1. The van der Waals surface area contributed by atoms with E-state index >= 15 is 0 Å². The second-order valence-corrected chi connectivity index (χ2v) is 13.8. The molecule has 1 saturated heterocycles. The molecule has 1 N–H and O–H groups in total. The maximum Gasteiger partial charge on any atom is 0.253 e. The normalized spacial score (nSPS) is 15.8. The average molecular weight is 695 g/mol. The van der Waals surface area contributed by atoms with E-state index in [1.807, 2.05) is 69.3 Å². The van der Waals surface area contributed by atoms with Gasteiger partial charge < -0.3 is 14.9 Å². The molecule has 0 saturated carbocycles. The number of hydrogen-bond donors (Lipinski definition) is 1. The molecule has 0 aromatic heterocycles. The Morgan fingerprint density at radius 1 is 0.843 bits per heavy atom. The standard InChI is InChI=1S/C43H48F2N2O4/c1-4-16-46(17-5-2)42(50)36-20-29(3)19-34(25-36)40(48)26-35(22-31-23-37(44)27-38(45)24-31)41(49)39-15-10-18-47(43(39)51)28-30-11-9-14-33(21-30)32-12-7-6-8-13-32/h6-9,11-14,19-21,23-25,27,35,39,41,49H,4-5,10,15-18,22,26,28H2,1-3H3/t35-,39-,41+/m1/s1. The number of hydrogen-bond acceptors (Lipinski definition) is 4. The first-order chi connectivity index (χ1) is 24.6. The number of carbonyl (C=O) groups is 3. The van der Waals surface area contributed by atoms with Crippen molar-refractivity contribution in [2.24, 2.45) is 11.8 Å². The molecular formula is C43H48F2N2O4. The SMILES string of the molecule is CCCN(CCC)C(=O)c1cc(C)cc(C(=O)C[C@@H](Cc2cc(F)cc(F)c2)[C@H](O)[C@H]2CCCN(Cc3cccc(-c4ccccc4)c3)C2=O)c1. The van der Waals surface area contributed by atoms with Gasteiger partial charge in [0, 0.05) is 49.8 Å². The molecule has 1 fully saturated rings. The third kappa shape index (κ3) is 9.76. The van der Waals surface area contributed by atoms with Crippen LogP contribution in [0.2, 0.25) is 0 Å². The Bertz CT molecular complexity index is 1800. The van der Waals surface area contributed by atoms with Crippen LogP contribution in [-0.2, 0) is 17.8 Å². The van der Waals surface area contributed by atoms with Crippen LogP contribution in [0, 0.1) is 30.4 Å². The maximum atomic E-state index is 14.3. The first-order valence-corrected chi connectivity index (χ1v) is 18.1. The first-order valence-electron chi connectivity index (χ1n) is 18.1. The third-order valence-corrected chi connectivity index (χ3v) is 9.66. The van der Waals surface area contributed by atoms with Crippen LogP contribution < -0.4 is 0 Å². The monoisotopic (exact) mass is 694 g/mol. The lowest BCUT2D eigenvalue weighted by atomic mass is 9.79. The second-order valence-electron chi connectivity index (χ2n) is 13.8. The Morgan fingerprint density at radius 2 is 1.51 bits per heavy atom. The van der Waals surface area contributed by atoms with Gasteiger partial charge in [-0.05, 0) is 109 Å². The summed E-state index contributed by atoms with van der Waals surface area (Å²) in [7, 11) is 0. The third-order valence-electron chi connectivity index (χ3n) is 9.66. The number of nitrogens with zero attached hydrogens (tertiary/aromatic N) is 2. The van der Waals surface area contributed by atoms with Crippen LogP contribution in [-0.4, -0.2) is 58.2 Å². The van der Waals surface area contributed by atoms with Crippen LogP contribution in [0.3, 0.4) is 0 Å². The smallest absolute Gasteiger partial charge is 0.253 e. The Kier molecular flexibility index (Phi) is 12.9. The predicted octanol–water partition coefficient (Wildman–Crippen LogP) is 8.43. The summed E-state index contributed by atoms with van der Waals surface area (Å²) < 4.78 is 28.6. The van der Waals surface area contributed by atoms with E-state index in [0.29, 0.717) is 50.1 Å². The highest BCUT2D eigenvalue weighted by atomic mass is 19.1. The van der Waals surface area contributed by atoms with Crippen molar-refractivity contribution in [2.45, 2.75) is 71.9 Å². The van der Waals surface area contributed by atoms with Gasteiger partial charge in [0.15, 0.2) is 5.78 Å². The zero-order valence-electron chi connectivity index (χ0n) is 29.8. The molecule has 0 bridgehead atoms. The van der Waals surface area contributed by atoms with E-state index in [9.17, 15) is 28.3 Å². The minimum absolute atomic E-state index is 0.0110. The largest absolute Gasteiger partial charge is 0.392 e. The van der Waals surface area contributed by atoms with Gasteiger partial charge in [0.05, 0.1) is 12.0 Å². The fourth-order valence-corrected chi connectivity index (χ4v) is 7.28. The first kappa shape index (κ1) is 37.6. The number of aryl methyl sites for hydroxylation is 1. The molecule has 0 spiro atoms. The summed E-state index contributed by atoms with van der Waals surface area (Å²) >= 11 is 0. The molecule has 51 heavy (non-hydrogen) atoms. The van der Waals surface area contributed by atoms with E-state index in [1.165, 1.54) is 12.1 Å². The van der Waals surface area contributed by atoms with Gasteiger partial charge in [-0.3, -0.25) is 14.4 Å². The van der Waals surface area contributed by atoms with Crippen molar-refractivity contribution >= 4 is 17.6 Å². The molecule has 1 aliphatic heterocycles. The summed E-state index contributed by atoms with van der Waals surface area (Å²) in [5.41, 5.74) is 4.85. The maximum absolute atomic E-state index is 14.3. The number of aliphatic hydroxyl groups is 1. The van der Waals surface area contributed by atoms with Crippen LogP contribution >= 0.6 is 0 Å². The Morgan fingerprint density at radius 3 is 2.20 bits per heavy atom. The molecule has 4 aromatic carbocycles. The number of carbonyl (C=O) groups excluding carboxylic acids is 3. The number of likely N-dealkylation sites (tertiary alicyclic amines) is 1. The van der Waals surface area contributed by atoms with Gasteiger partial charge in [-0.15, -0.1) is 0 Å². The number of rotatable bonds is 15. The zero-order valence-corrected chi connectivity index (χ0v) is 29.8. The van der Waals surface area contributed by atoms with Gasteiger partial charge in [-0.2, -0.15) is 0 Å². The number of aliphatic hydroxyl groups excluding tert-OH is 1. The van der Waals surface area contributed by atoms with E-state index in [4.69, 9.17) is 0 Å².